The number of nitrogens with two attached hydrogens (primary N) is 1. The average Bonchev–Trinajstić information content (AvgIpc) is 2.40. The van der Waals surface area contributed by atoms with Crippen LogP contribution < -0.4 is 20.5 Å². The van der Waals surface area contributed by atoms with Gasteiger partial charge in [0.2, 0.25) is 5.91 Å². The van der Waals surface area contributed by atoms with Crippen molar-refractivity contribution in [3.63, 3.8) is 0 Å². The van der Waals surface area contributed by atoms with Crippen LogP contribution in [-0.2, 0) is 4.79 Å². The molecule has 3 N–H and O–H groups in total. The Bertz CT molecular complexity index is 433. The molecule has 112 valence electrons. The molecule has 0 spiro atoms. The number of ether oxygens (including phenoxy) is 2. The topological polar surface area (TPSA) is 73.6 Å². The third-order valence-corrected chi connectivity index (χ3v) is 3.26. The highest BCUT2D eigenvalue weighted by Crippen LogP contribution is 2.21. The molecule has 0 saturated heterocycles. The summed E-state index contributed by atoms with van der Waals surface area (Å²) in [5.41, 5.74) is 4.63. The number of primary amides is 1. The van der Waals surface area contributed by atoms with Gasteiger partial charge in [-0.1, -0.05) is 0 Å². The number of carbonyl (C=O) groups excluding carboxylic acids is 1. The summed E-state index contributed by atoms with van der Waals surface area (Å²) >= 11 is 0. The zero-order chi connectivity index (χ0) is 15.2. The van der Waals surface area contributed by atoms with Gasteiger partial charge in [-0.3, -0.25) is 4.79 Å². The van der Waals surface area contributed by atoms with Gasteiger partial charge in [0.25, 0.3) is 0 Å². The van der Waals surface area contributed by atoms with Crippen LogP contribution >= 0.6 is 0 Å². The van der Waals surface area contributed by atoms with E-state index >= 15 is 0 Å². The molecule has 5 heteroatoms. The fourth-order valence-corrected chi connectivity index (χ4v) is 1.96. The summed E-state index contributed by atoms with van der Waals surface area (Å²) in [5, 5.41) is 2.95. The van der Waals surface area contributed by atoms with Crippen LogP contribution in [0.15, 0.2) is 24.3 Å². The largest absolute Gasteiger partial charge is 0.494 e. The Morgan fingerprint density at radius 2 is 1.90 bits per heavy atom. The summed E-state index contributed by atoms with van der Waals surface area (Å²) in [5.74, 6) is 1.16. The maximum absolute atomic E-state index is 11.4. The van der Waals surface area contributed by atoms with Crippen molar-refractivity contribution in [1.82, 2.24) is 5.32 Å². The van der Waals surface area contributed by atoms with Gasteiger partial charge in [0, 0.05) is 6.42 Å². The normalized spacial score (nSPS) is 15.2. The van der Waals surface area contributed by atoms with E-state index in [2.05, 4.69) is 5.32 Å². The highest BCUT2D eigenvalue weighted by molar-refractivity contribution is 5.84. The van der Waals surface area contributed by atoms with E-state index in [1.54, 1.807) is 14.0 Å². The molecule has 0 fully saturated rings. The number of nitrogens with one attached hydrogen (secondary N) is 1. The fraction of sp³-hybridized carbons (Fsp3) is 0.533. The fourth-order valence-electron chi connectivity index (χ4n) is 1.96. The van der Waals surface area contributed by atoms with Crippen molar-refractivity contribution in [3.05, 3.63) is 24.3 Å². The Kier molecular flexibility index (Phi) is 5.82. The molecule has 2 atom stereocenters. The Labute approximate surface area is 120 Å². The van der Waals surface area contributed by atoms with Crippen molar-refractivity contribution in [2.75, 3.05) is 13.7 Å². The predicted octanol–water partition coefficient (Wildman–Crippen LogP) is 1.71. The number of amides is 1. The number of rotatable bonds is 8. The molecule has 0 aromatic heterocycles. The van der Waals surface area contributed by atoms with Gasteiger partial charge >= 0.3 is 0 Å². The van der Waals surface area contributed by atoms with E-state index in [-0.39, 0.29) is 12.0 Å². The quantitative estimate of drug-likeness (QED) is 0.760. The van der Waals surface area contributed by atoms with Gasteiger partial charge in [-0.25, -0.2) is 0 Å². The first kappa shape index (κ1) is 16.3. The van der Waals surface area contributed by atoms with E-state index in [0.29, 0.717) is 13.0 Å². The van der Waals surface area contributed by atoms with Gasteiger partial charge in [0.1, 0.15) is 11.5 Å². The van der Waals surface area contributed by atoms with E-state index in [1.807, 2.05) is 38.1 Å². The predicted molar refractivity (Wildman–Crippen MR) is 79.0 cm³/mol. The lowest BCUT2D eigenvalue weighted by Gasteiger charge is -2.28. The molecule has 1 rings (SSSR count). The van der Waals surface area contributed by atoms with Crippen molar-refractivity contribution in [1.29, 1.82) is 0 Å². The van der Waals surface area contributed by atoms with E-state index in [4.69, 9.17) is 15.2 Å². The maximum atomic E-state index is 11.4. The first-order valence-corrected chi connectivity index (χ1v) is 6.79. The Morgan fingerprint density at radius 3 is 2.35 bits per heavy atom. The van der Waals surface area contributed by atoms with Crippen LogP contribution in [0.5, 0.6) is 11.5 Å². The van der Waals surface area contributed by atoms with E-state index < -0.39 is 5.54 Å². The minimum atomic E-state index is -0.773. The average molecular weight is 280 g/mol. The summed E-state index contributed by atoms with van der Waals surface area (Å²) in [6.45, 7) is 6.26. The molecule has 0 bridgehead atoms. The number of carbonyl (C=O) groups is 1. The molecule has 5 nitrogen and oxygen atoms in total. The number of likely N-dealkylation sites (N-methyl/N-ethyl adjacent to an activating group) is 1. The van der Waals surface area contributed by atoms with Crippen LogP contribution in [0.25, 0.3) is 0 Å². The van der Waals surface area contributed by atoms with Crippen molar-refractivity contribution in [2.45, 2.75) is 38.8 Å². The number of hydrogen-bond donors (Lipinski definition) is 2. The molecule has 0 heterocycles. The standard InChI is InChI=1S/C15H24N2O3/c1-5-19-12-6-8-13(9-7-12)20-11(2)10-15(3,17-4)14(16)18/h6-9,11,17H,5,10H2,1-4H3,(H2,16,18). The molecule has 0 aliphatic heterocycles. The zero-order valence-electron chi connectivity index (χ0n) is 12.6. The molecular weight excluding hydrogens is 256 g/mol. The smallest absolute Gasteiger partial charge is 0.237 e. The van der Waals surface area contributed by atoms with Crippen molar-refractivity contribution in [2.24, 2.45) is 5.73 Å². The van der Waals surface area contributed by atoms with Crippen LogP contribution in [0.3, 0.4) is 0 Å². The molecule has 1 amide bonds. The van der Waals surface area contributed by atoms with Crippen molar-refractivity contribution in [3.8, 4) is 11.5 Å². The summed E-state index contributed by atoms with van der Waals surface area (Å²) in [7, 11) is 1.72. The SMILES string of the molecule is CCOc1ccc(OC(C)CC(C)(NC)C(N)=O)cc1. The number of hydrogen-bond acceptors (Lipinski definition) is 4. The molecule has 20 heavy (non-hydrogen) atoms. The monoisotopic (exact) mass is 280 g/mol. The van der Waals surface area contributed by atoms with Gasteiger partial charge in [0.05, 0.1) is 18.2 Å². The van der Waals surface area contributed by atoms with Gasteiger partial charge in [-0.2, -0.15) is 0 Å². The molecular formula is C15H24N2O3. The molecule has 1 aromatic rings. The Hall–Kier alpha value is -1.75. The highest BCUT2D eigenvalue weighted by Gasteiger charge is 2.31. The van der Waals surface area contributed by atoms with Crippen molar-refractivity contribution >= 4 is 5.91 Å². The Morgan fingerprint density at radius 1 is 1.35 bits per heavy atom. The molecule has 0 saturated carbocycles. The van der Waals surface area contributed by atoms with Gasteiger partial charge < -0.3 is 20.5 Å². The number of benzene rings is 1. The van der Waals surface area contributed by atoms with Crippen molar-refractivity contribution < 1.29 is 14.3 Å². The second kappa shape index (κ2) is 7.14. The van der Waals surface area contributed by atoms with Crippen LogP contribution in [0, 0.1) is 0 Å². The third kappa shape index (κ3) is 4.42. The van der Waals surface area contributed by atoms with E-state index in [9.17, 15) is 4.79 Å². The third-order valence-electron chi connectivity index (χ3n) is 3.26. The molecule has 0 radical (unpaired) electrons. The molecule has 1 aromatic carbocycles. The second-order valence-corrected chi connectivity index (χ2v) is 4.98. The molecule has 2 unspecified atom stereocenters. The minimum Gasteiger partial charge on any atom is -0.494 e. The lowest BCUT2D eigenvalue weighted by Crippen LogP contribution is -2.53. The van der Waals surface area contributed by atoms with Crippen LogP contribution in [0.1, 0.15) is 27.2 Å². The summed E-state index contributed by atoms with van der Waals surface area (Å²) < 4.78 is 11.2. The van der Waals surface area contributed by atoms with Crippen LogP contribution in [0.2, 0.25) is 0 Å². The lowest BCUT2D eigenvalue weighted by atomic mass is 9.94. The zero-order valence-corrected chi connectivity index (χ0v) is 12.6. The summed E-state index contributed by atoms with van der Waals surface area (Å²) in [6.07, 6.45) is 0.351. The van der Waals surface area contributed by atoms with Gasteiger partial charge in [-0.15, -0.1) is 0 Å². The maximum Gasteiger partial charge on any atom is 0.237 e. The van der Waals surface area contributed by atoms with E-state index in [0.717, 1.165) is 11.5 Å². The van der Waals surface area contributed by atoms with Gasteiger partial charge in [-0.05, 0) is 52.1 Å². The molecule has 0 aliphatic rings. The first-order chi connectivity index (χ1) is 9.41. The molecule has 0 aliphatic carbocycles. The van der Waals surface area contributed by atoms with Crippen LogP contribution in [-0.4, -0.2) is 31.2 Å². The Balaban J connectivity index is 2.61. The summed E-state index contributed by atoms with van der Waals surface area (Å²) in [4.78, 5) is 11.4. The van der Waals surface area contributed by atoms with Crippen LogP contribution in [0.4, 0.5) is 0 Å². The van der Waals surface area contributed by atoms with E-state index in [1.165, 1.54) is 0 Å². The van der Waals surface area contributed by atoms with Gasteiger partial charge in [0.15, 0.2) is 0 Å². The summed E-state index contributed by atoms with van der Waals surface area (Å²) in [6, 6.07) is 7.42. The first-order valence-electron chi connectivity index (χ1n) is 6.79. The minimum absolute atomic E-state index is 0.141. The highest BCUT2D eigenvalue weighted by atomic mass is 16.5. The second-order valence-electron chi connectivity index (χ2n) is 4.98. The lowest BCUT2D eigenvalue weighted by molar-refractivity contribution is -0.124.